The summed E-state index contributed by atoms with van der Waals surface area (Å²) in [4.78, 5) is 23.1. The third-order valence-corrected chi connectivity index (χ3v) is 15.2. The number of β-amino-alcohol motifs (C(OH)–C–C–N with tert-alkyl or cyclic N) is 1. The lowest BCUT2D eigenvalue weighted by Gasteiger charge is -2.72. The van der Waals surface area contributed by atoms with Gasteiger partial charge >= 0.3 is 11.9 Å². The van der Waals surface area contributed by atoms with Crippen molar-refractivity contribution >= 4 is 11.9 Å². The monoisotopic (exact) mass is 637 g/mol. The molecular weight excluding hydrogens is 574 g/mol. The summed E-state index contributed by atoms with van der Waals surface area (Å²) in [6, 6.07) is 0. The number of aliphatic hydroxyl groups excluding tert-OH is 1. The Bertz CT molecular complexity index is 1280. The van der Waals surface area contributed by atoms with Crippen LogP contribution in [-0.2, 0) is 9.59 Å². The second kappa shape index (κ2) is 12.5. The summed E-state index contributed by atoms with van der Waals surface area (Å²) in [6.07, 6.45) is 16.4. The van der Waals surface area contributed by atoms with Crippen LogP contribution in [0.15, 0.2) is 35.5 Å². The lowest BCUT2D eigenvalue weighted by Crippen LogP contribution is -2.68. The van der Waals surface area contributed by atoms with Gasteiger partial charge in [-0.15, -0.1) is 0 Å². The molecule has 5 rings (SSSR count). The van der Waals surface area contributed by atoms with Crippen molar-refractivity contribution in [3.05, 3.63) is 35.5 Å². The van der Waals surface area contributed by atoms with E-state index >= 15 is 0 Å². The number of hydrogen-bond acceptors (Lipinski definition) is 4. The maximum atomic E-state index is 11.6. The minimum absolute atomic E-state index is 0.0166. The van der Waals surface area contributed by atoms with E-state index in [0.717, 1.165) is 44.9 Å². The van der Waals surface area contributed by atoms with Gasteiger partial charge in [-0.2, -0.15) is 0 Å². The second-order valence-corrected chi connectivity index (χ2v) is 17.5. The molecule has 0 heterocycles. The number of aliphatic carboxylic acids is 2. The Balaban J connectivity index is 1.48. The van der Waals surface area contributed by atoms with Crippen LogP contribution in [0, 0.1) is 51.2 Å². The molecule has 0 aromatic carbocycles. The molecule has 0 aromatic heterocycles. The molecule has 0 spiro atoms. The highest BCUT2D eigenvalue weighted by molar-refractivity contribution is 5.72. The fourth-order valence-electron chi connectivity index (χ4n) is 12.9. The number of rotatable bonds is 11. The van der Waals surface area contributed by atoms with Crippen LogP contribution in [0.2, 0.25) is 0 Å². The lowest BCUT2D eigenvalue weighted by atomic mass is 9.33. The van der Waals surface area contributed by atoms with Gasteiger partial charge in [0.1, 0.15) is 0 Å². The van der Waals surface area contributed by atoms with Crippen LogP contribution in [0.4, 0.5) is 0 Å². The molecule has 0 aromatic rings. The highest BCUT2D eigenvalue weighted by Crippen LogP contribution is 2.76. The zero-order chi connectivity index (χ0) is 33.9. The second-order valence-electron chi connectivity index (χ2n) is 17.5. The highest BCUT2D eigenvalue weighted by atomic mass is 16.4. The molecule has 4 saturated carbocycles. The fourth-order valence-corrected chi connectivity index (χ4v) is 12.9. The van der Waals surface area contributed by atoms with Gasteiger partial charge < -0.3 is 20.6 Å². The topological polar surface area (TPSA) is 107 Å². The zero-order valence-electron chi connectivity index (χ0n) is 29.9. The van der Waals surface area contributed by atoms with E-state index in [1.54, 1.807) is 0 Å². The number of nitrogens with one attached hydrogen (secondary N) is 1. The third kappa shape index (κ3) is 5.46. The molecule has 0 unspecified atom stereocenters. The number of carboxylic acids is 2. The van der Waals surface area contributed by atoms with E-state index < -0.39 is 18.0 Å². The summed E-state index contributed by atoms with van der Waals surface area (Å²) in [5.74, 6) is 0.635. The van der Waals surface area contributed by atoms with E-state index in [-0.39, 0.29) is 40.2 Å². The van der Waals surface area contributed by atoms with Crippen LogP contribution < -0.4 is 5.32 Å². The summed E-state index contributed by atoms with van der Waals surface area (Å²) in [6.45, 7) is 21.7. The molecular formula is C40H63NO5. The van der Waals surface area contributed by atoms with Gasteiger partial charge in [0.25, 0.3) is 0 Å². The van der Waals surface area contributed by atoms with Gasteiger partial charge in [-0.3, -0.25) is 4.79 Å². The first kappa shape index (κ1) is 35.4. The summed E-state index contributed by atoms with van der Waals surface area (Å²) in [7, 11) is 0. The van der Waals surface area contributed by atoms with E-state index in [0.29, 0.717) is 36.0 Å². The Morgan fingerprint density at radius 3 is 2.33 bits per heavy atom. The molecule has 0 aliphatic heterocycles. The van der Waals surface area contributed by atoms with E-state index in [2.05, 4.69) is 72.5 Å². The molecule has 46 heavy (non-hydrogen) atoms. The highest BCUT2D eigenvalue weighted by Gasteiger charge is 2.70. The molecule has 6 heteroatoms. The summed E-state index contributed by atoms with van der Waals surface area (Å²) >= 11 is 0. The Morgan fingerprint density at radius 2 is 1.70 bits per heavy atom. The van der Waals surface area contributed by atoms with Crippen LogP contribution in [0.25, 0.3) is 0 Å². The van der Waals surface area contributed by atoms with Crippen molar-refractivity contribution in [3.8, 4) is 0 Å². The van der Waals surface area contributed by atoms with E-state index in [1.165, 1.54) is 42.4 Å². The Morgan fingerprint density at radius 1 is 0.978 bits per heavy atom. The van der Waals surface area contributed by atoms with Gasteiger partial charge in [0.15, 0.2) is 6.10 Å². The summed E-state index contributed by atoms with van der Waals surface area (Å²) in [5, 5.41) is 32.9. The van der Waals surface area contributed by atoms with Crippen molar-refractivity contribution < 1.29 is 24.9 Å². The summed E-state index contributed by atoms with van der Waals surface area (Å²) < 4.78 is 0. The number of aliphatic hydroxyl groups is 1. The quantitative estimate of drug-likeness (QED) is 0.169. The van der Waals surface area contributed by atoms with E-state index in [4.69, 9.17) is 0 Å². The van der Waals surface area contributed by atoms with Crippen LogP contribution >= 0.6 is 0 Å². The van der Waals surface area contributed by atoms with Gasteiger partial charge in [0.2, 0.25) is 0 Å². The first-order valence-corrected chi connectivity index (χ1v) is 18.4. The van der Waals surface area contributed by atoms with E-state index in [1.807, 2.05) is 0 Å². The standard InChI is InChI=1S/C40H63NO5/c1-9-10-11-26(12-15-33(43)44)28-17-19-37(6)31(36(28,4)5)18-20-39(8)32(37)14-13-29-34-27(25(2)3)16-21-40(34,23-22-38(29,39)7)41-24-30(42)35(45)46/h11,17,27,29-32,34,41-42H,2,9-10,12-16,18-24H2,1,3-8H3,(H,43,44)(H,45,46)/b26-11+/t27-,29+,30+,31-,32+,34+,37-,38+,39+,40-/m0/s1. The molecule has 4 N–H and O–H groups in total. The van der Waals surface area contributed by atoms with Gasteiger partial charge in [-0.25, -0.2) is 4.79 Å². The molecule has 0 radical (unpaired) electrons. The van der Waals surface area contributed by atoms with Crippen molar-refractivity contribution in [2.45, 2.75) is 144 Å². The first-order chi connectivity index (χ1) is 21.5. The predicted octanol–water partition coefficient (Wildman–Crippen LogP) is 8.56. The molecule has 0 saturated heterocycles. The van der Waals surface area contributed by atoms with Gasteiger partial charge in [0.05, 0.1) is 0 Å². The molecule has 5 aliphatic rings. The molecule has 5 aliphatic carbocycles. The number of allylic oxidation sites excluding steroid dienone is 5. The summed E-state index contributed by atoms with van der Waals surface area (Å²) in [5.41, 5.74) is 4.30. The van der Waals surface area contributed by atoms with Crippen LogP contribution in [-0.4, -0.2) is 45.4 Å². The smallest absolute Gasteiger partial charge is 0.333 e. The van der Waals surface area contributed by atoms with Crippen molar-refractivity contribution in [3.63, 3.8) is 0 Å². The zero-order valence-corrected chi connectivity index (χ0v) is 29.9. The normalized spacial score (nSPS) is 42.1. The average molecular weight is 638 g/mol. The first-order valence-electron chi connectivity index (χ1n) is 18.4. The van der Waals surface area contributed by atoms with Crippen LogP contribution in [0.1, 0.15) is 132 Å². The molecule has 0 amide bonds. The average Bonchev–Trinajstić information content (AvgIpc) is 3.37. The van der Waals surface area contributed by atoms with Gasteiger partial charge in [-0.1, -0.05) is 72.3 Å². The molecule has 0 bridgehead atoms. The molecule has 6 nitrogen and oxygen atoms in total. The molecule has 258 valence electrons. The van der Waals surface area contributed by atoms with Crippen LogP contribution in [0.3, 0.4) is 0 Å². The van der Waals surface area contributed by atoms with E-state index in [9.17, 15) is 24.9 Å². The largest absolute Gasteiger partial charge is 0.481 e. The maximum Gasteiger partial charge on any atom is 0.333 e. The fraction of sp³-hybridized carbons (Fsp3) is 0.800. The number of carboxylic acid groups (broad SMARTS) is 2. The Kier molecular flexibility index (Phi) is 9.63. The number of carbonyl (C=O) groups is 2. The Labute approximate surface area is 278 Å². The van der Waals surface area contributed by atoms with Crippen molar-refractivity contribution in [1.82, 2.24) is 5.32 Å². The lowest BCUT2D eigenvalue weighted by molar-refractivity contribution is -0.221. The molecule has 4 fully saturated rings. The van der Waals surface area contributed by atoms with Crippen LogP contribution in [0.5, 0.6) is 0 Å². The number of fused-ring (bicyclic) bond motifs is 7. The number of hydrogen-bond donors (Lipinski definition) is 4. The van der Waals surface area contributed by atoms with Crippen molar-refractivity contribution in [2.75, 3.05) is 6.54 Å². The third-order valence-electron chi connectivity index (χ3n) is 15.2. The minimum Gasteiger partial charge on any atom is -0.481 e. The molecule has 10 atom stereocenters. The maximum absolute atomic E-state index is 11.6. The Hall–Kier alpha value is -1.92. The minimum atomic E-state index is -1.38. The number of unbranched alkanes of at least 4 members (excludes halogenated alkanes) is 1. The van der Waals surface area contributed by atoms with Gasteiger partial charge in [-0.05, 0) is 140 Å². The SMILES string of the molecule is C=C(C)[C@@H]1CC[C@]2(NC[C@@H](O)C(=O)O)CC[C@]3(C)[C@H](CC[C@@H]4[C@@]5(C)CC=C(/C(=C/CCC)CCC(=O)O)C(C)(C)[C@@H]5CC[C@]43C)[C@@H]12. The van der Waals surface area contributed by atoms with Crippen molar-refractivity contribution in [2.24, 2.45) is 51.2 Å². The predicted molar refractivity (Wildman–Crippen MR) is 184 cm³/mol. The van der Waals surface area contributed by atoms with Crippen molar-refractivity contribution in [1.29, 1.82) is 0 Å². The van der Waals surface area contributed by atoms with Gasteiger partial charge in [0, 0.05) is 18.5 Å².